The van der Waals surface area contributed by atoms with Crippen LogP contribution in [-0.4, -0.2) is 33.7 Å². The van der Waals surface area contributed by atoms with Crippen LogP contribution in [0.4, 0.5) is 4.39 Å². The average Bonchev–Trinajstić information content (AvgIpc) is 2.75. The van der Waals surface area contributed by atoms with Crippen LogP contribution in [0, 0.1) is 28.6 Å². The normalized spacial score (nSPS) is 55.6. The highest BCUT2D eigenvalue weighted by molar-refractivity contribution is 5.98. The Morgan fingerprint density at radius 3 is 2.36 bits per heavy atom. The molecule has 0 radical (unpaired) electrons. The van der Waals surface area contributed by atoms with Crippen molar-refractivity contribution < 1.29 is 23.9 Å². The molecule has 0 saturated heterocycles. The number of Topliss-reactive ketones (excluding diaryl/α,β-unsaturated/α-hetero) is 3. The Balaban J connectivity index is 1.84. The van der Waals surface area contributed by atoms with Gasteiger partial charge >= 0.3 is 0 Å². The predicted octanol–water partition coefficient (Wildman–Crippen LogP) is 2.80. The zero-order valence-electron chi connectivity index (χ0n) is 15.2. The van der Waals surface area contributed by atoms with Crippen LogP contribution < -0.4 is 0 Å². The van der Waals surface area contributed by atoms with Gasteiger partial charge in [-0.3, -0.25) is 14.4 Å². The van der Waals surface area contributed by atoms with E-state index in [4.69, 9.17) is 0 Å². The Kier molecular flexibility index (Phi) is 3.32. The van der Waals surface area contributed by atoms with Crippen molar-refractivity contribution in [2.75, 3.05) is 0 Å². The van der Waals surface area contributed by atoms with E-state index in [0.717, 1.165) is 0 Å². The van der Waals surface area contributed by atoms with Crippen molar-refractivity contribution in [1.29, 1.82) is 0 Å². The summed E-state index contributed by atoms with van der Waals surface area (Å²) in [6.07, 6.45) is 1.78. The molecular weight excluding hydrogens is 323 g/mol. The van der Waals surface area contributed by atoms with Gasteiger partial charge in [-0.1, -0.05) is 13.8 Å². The number of hydrogen-bond donors (Lipinski definition) is 1. The second-order valence-corrected chi connectivity index (χ2v) is 9.64. The summed E-state index contributed by atoms with van der Waals surface area (Å²) in [5.74, 6) is -2.07. The lowest BCUT2D eigenvalue weighted by Crippen LogP contribution is -2.70. The van der Waals surface area contributed by atoms with Crippen molar-refractivity contribution >= 4 is 17.3 Å². The Labute approximate surface area is 147 Å². The number of carbonyl (C=O) groups excluding carboxylic acids is 3. The highest BCUT2D eigenvalue weighted by Gasteiger charge is 2.75. The quantitative estimate of drug-likeness (QED) is 0.729. The number of carbonyl (C=O) groups is 3. The van der Waals surface area contributed by atoms with Gasteiger partial charge in [0, 0.05) is 48.3 Å². The Morgan fingerprint density at radius 2 is 1.68 bits per heavy atom. The highest BCUT2D eigenvalue weighted by atomic mass is 19.1. The van der Waals surface area contributed by atoms with Crippen molar-refractivity contribution in [3.8, 4) is 0 Å². The summed E-state index contributed by atoms with van der Waals surface area (Å²) >= 11 is 0. The van der Waals surface area contributed by atoms with Gasteiger partial charge in [-0.25, -0.2) is 4.39 Å². The number of aliphatic hydroxyl groups is 1. The molecule has 0 aliphatic heterocycles. The monoisotopic (exact) mass is 350 g/mol. The molecule has 1 N–H and O–H groups in total. The minimum atomic E-state index is -2.06. The maximum absolute atomic E-state index is 16.6. The second-order valence-electron chi connectivity index (χ2n) is 9.64. The Bertz CT molecular complexity index is 685. The molecule has 0 amide bonds. The van der Waals surface area contributed by atoms with Crippen LogP contribution in [0.3, 0.4) is 0 Å². The number of rotatable bonds is 0. The van der Waals surface area contributed by atoms with Gasteiger partial charge < -0.3 is 5.11 Å². The first-order valence-corrected chi connectivity index (χ1v) is 9.46. The topological polar surface area (TPSA) is 71.4 Å². The lowest BCUT2D eigenvalue weighted by Gasteiger charge is -2.61. The lowest BCUT2D eigenvalue weighted by molar-refractivity contribution is -0.204. The summed E-state index contributed by atoms with van der Waals surface area (Å²) in [7, 11) is 0. The van der Waals surface area contributed by atoms with E-state index in [1.165, 1.54) is 0 Å². The molecule has 4 rings (SSSR count). The third kappa shape index (κ3) is 1.83. The molecule has 138 valence electrons. The first-order chi connectivity index (χ1) is 11.5. The van der Waals surface area contributed by atoms with Crippen molar-refractivity contribution in [2.24, 2.45) is 28.6 Å². The molecule has 5 unspecified atom stereocenters. The molecule has 4 nitrogen and oxygen atoms in total. The van der Waals surface area contributed by atoms with Crippen molar-refractivity contribution in [3.05, 3.63) is 0 Å². The summed E-state index contributed by atoms with van der Waals surface area (Å²) in [5, 5.41) is 10.8. The number of alkyl halides is 1. The van der Waals surface area contributed by atoms with Crippen molar-refractivity contribution in [3.63, 3.8) is 0 Å². The van der Waals surface area contributed by atoms with E-state index in [-0.39, 0.29) is 49.6 Å². The van der Waals surface area contributed by atoms with Crippen LogP contribution in [0.25, 0.3) is 0 Å². The van der Waals surface area contributed by atoms with Crippen LogP contribution in [0.15, 0.2) is 0 Å². The van der Waals surface area contributed by atoms with Crippen LogP contribution >= 0.6 is 0 Å². The molecular formula is C20H27FO4. The van der Waals surface area contributed by atoms with Crippen LogP contribution in [0.5, 0.6) is 0 Å². The molecule has 0 aromatic rings. The molecule has 4 aliphatic rings. The summed E-state index contributed by atoms with van der Waals surface area (Å²) < 4.78 is 16.6. The fourth-order valence-electron chi connectivity index (χ4n) is 6.77. The molecule has 0 spiro atoms. The van der Waals surface area contributed by atoms with Gasteiger partial charge in [0.2, 0.25) is 0 Å². The van der Waals surface area contributed by atoms with E-state index >= 15 is 4.39 Å². The molecule has 4 aliphatic carbocycles. The van der Waals surface area contributed by atoms with Gasteiger partial charge in [0.05, 0.1) is 5.60 Å². The smallest absolute Gasteiger partial charge is 0.178 e. The van der Waals surface area contributed by atoms with Gasteiger partial charge in [0.1, 0.15) is 11.6 Å². The largest absolute Gasteiger partial charge is 0.390 e. The third-order valence-electron chi connectivity index (χ3n) is 8.69. The number of hydrogen-bond acceptors (Lipinski definition) is 4. The summed E-state index contributed by atoms with van der Waals surface area (Å²) in [6, 6.07) is 0. The highest BCUT2D eigenvalue weighted by Crippen LogP contribution is 2.69. The SMILES string of the molecule is CC12CC(=O)[C@]3(F)C(CC(=O)C4CC(=O)CCC43C)C1CC[C@@]2(C)O. The number of fused-ring (bicyclic) bond motifs is 5. The Hall–Kier alpha value is -1.10. The van der Waals surface area contributed by atoms with E-state index < -0.39 is 39.7 Å². The Morgan fingerprint density at radius 1 is 1.00 bits per heavy atom. The van der Waals surface area contributed by atoms with Gasteiger partial charge in [0.25, 0.3) is 0 Å². The molecule has 0 aromatic heterocycles. The fraction of sp³-hybridized carbons (Fsp3) is 0.850. The molecule has 0 heterocycles. The third-order valence-corrected chi connectivity index (χ3v) is 8.69. The lowest BCUT2D eigenvalue weighted by atomic mass is 9.42. The molecule has 7 atom stereocenters. The molecule has 4 fully saturated rings. The fourth-order valence-corrected chi connectivity index (χ4v) is 6.77. The summed E-state index contributed by atoms with van der Waals surface area (Å²) in [5.41, 5.74) is -4.85. The van der Waals surface area contributed by atoms with Crippen molar-refractivity contribution in [1.82, 2.24) is 0 Å². The number of halogens is 1. The van der Waals surface area contributed by atoms with Gasteiger partial charge in [-0.2, -0.15) is 0 Å². The average molecular weight is 350 g/mol. The van der Waals surface area contributed by atoms with E-state index in [1.807, 2.05) is 6.92 Å². The second kappa shape index (κ2) is 4.79. The molecule has 0 aromatic carbocycles. The van der Waals surface area contributed by atoms with E-state index in [2.05, 4.69) is 0 Å². The maximum Gasteiger partial charge on any atom is 0.178 e. The zero-order valence-corrected chi connectivity index (χ0v) is 15.2. The van der Waals surface area contributed by atoms with E-state index in [0.29, 0.717) is 12.8 Å². The summed E-state index contributed by atoms with van der Waals surface area (Å²) in [4.78, 5) is 37.9. The summed E-state index contributed by atoms with van der Waals surface area (Å²) in [6.45, 7) is 5.33. The number of ketones is 3. The van der Waals surface area contributed by atoms with Crippen LogP contribution in [0.2, 0.25) is 0 Å². The zero-order chi connectivity index (χ0) is 18.4. The molecule has 4 saturated carbocycles. The maximum atomic E-state index is 16.6. The standard InChI is InChI=1S/C20H27FO4/c1-17-6-4-11(22)8-14(17)15(23)9-13-12-5-7-19(3,25)18(12,2)10-16(24)20(13,17)21/h12-14,25H,4-10H2,1-3H3/t12?,13?,14?,17?,18?,19-,20-/m1/s1. The van der Waals surface area contributed by atoms with Crippen molar-refractivity contribution in [2.45, 2.75) is 77.0 Å². The minimum Gasteiger partial charge on any atom is -0.390 e. The molecule has 0 bridgehead atoms. The molecule has 25 heavy (non-hydrogen) atoms. The minimum absolute atomic E-state index is 0.00484. The molecule has 5 heteroatoms. The van der Waals surface area contributed by atoms with Crippen LogP contribution in [-0.2, 0) is 14.4 Å². The first kappa shape index (κ1) is 17.3. The van der Waals surface area contributed by atoms with Gasteiger partial charge in [-0.05, 0) is 32.1 Å². The predicted molar refractivity (Wildman–Crippen MR) is 88.5 cm³/mol. The van der Waals surface area contributed by atoms with E-state index in [9.17, 15) is 19.5 Å². The van der Waals surface area contributed by atoms with Crippen LogP contribution in [0.1, 0.15) is 65.7 Å². The first-order valence-electron chi connectivity index (χ1n) is 9.46. The van der Waals surface area contributed by atoms with Gasteiger partial charge in [-0.15, -0.1) is 0 Å². The van der Waals surface area contributed by atoms with E-state index in [1.54, 1.807) is 13.8 Å². The van der Waals surface area contributed by atoms with Gasteiger partial charge in [0.15, 0.2) is 11.5 Å².